The molecule has 0 aliphatic rings. The zero-order valence-corrected chi connectivity index (χ0v) is 19.0. The van der Waals surface area contributed by atoms with Crippen molar-refractivity contribution in [2.75, 3.05) is 6.61 Å². The van der Waals surface area contributed by atoms with E-state index in [-0.39, 0.29) is 24.5 Å². The van der Waals surface area contributed by atoms with Gasteiger partial charge in [-0.2, -0.15) is 0 Å². The van der Waals surface area contributed by atoms with E-state index in [2.05, 4.69) is 5.32 Å². The molecule has 0 radical (unpaired) electrons. The average Bonchev–Trinajstić information content (AvgIpc) is 2.73. The molecule has 0 fully saturated rings. The summed E-state index contributed by atoms with van der Waals surface area (Å²) in [6, 6.07) is 13.2. The van der Waals surface area contributed by atoms with E-state index < -0.39 is 6.04 Å². The van der Waals surface area contributed by atoms with E-state index in [1.807, 2.05) is 77.1 Å². The summed E-state index contributed by atoms with van der Waals surface area (Å²) in [6.07, 6.45) is 0.834. The highest BCUT2D eigenvalue weighted by atomic mass is 16.5. The summed E-state index contributed by atoms with van der Waals surface area (Å²) in [5.74, 6) is 0.273. The van der Waals surface area contributed by atoms with E-state index in [0.29, 0.717) is 12.3 Å². The first-order chi connectivity index (χ1) is 14.2. The van der Waals surface area contributed by atoms with Crippen molar-refractivity contribution in [3.05, 3.63) is 64.7 Å². The molecule has 5 heteroatoms. The standard InChI is InChI=1S/C25H34N2O3/c1-7-20(5)26-25(29)21(6)27(15-22-11-8-17(2)9-12-22)24(28)16-30-23-13-10-18(3)19(4)14-23/h8-14,20-21H,7,15-16H2,1-6H3,(H,26,29)/t20-,21-/m1/s1. The van der Waals surface area contributed by atoms with E-state index in [0.717, 1.165) is 23.1 Å². The number of nitrogens with zero attached hydrogens (tertiary/aromatic N) is 1. The topological polar surface area (TPSA) is 58.6 Å². The van der Waals surface area contributed by atoms with Crippen LogP contribution in [0, 0.1) is 20.8 Å². The highest BCUT2D eigenvalue weighted by Gasteiger charge is 2.27. The van der Waals surface area contributed by atoms with Crippen LogP contribution in [0.3, 0.4) is 0 Å². The van der Waals surface area contributed by atoms with E-state index in [1.165, 1.54) is 5.56 Å². The highest BCUT2D eigenvalue weighted by Crippen LogP contribution is 2.17. The molecule has 2 rings (SSSR count). The van der Waals surface area contributed by atoms with Crippen LogP contribution in [0.15, 0.2) is 42.5 Å². The Labute approximate surface area is 180 Å². The van der Waals surface area contributed by atoms with Crippen LogP contribution in [0.5, 0.6) is 5.75 Å². The fraction of sp³-hybridized carbons (Fsp3) is 0.440. The fourth-order valence-corrected chi connectivity index (χ4v) is 2.97. The zero-order valence-electron chi connectivity index (χ0n) is 19.0. The van der Waals surface area contributed by atoms with E-state index in [9.17, 15) is 9.59 Å². The van der Waals surface area contributed by atoms with Crippen LogP contribution in [0.2, 0.25) is 0 Å². The molecule has 0 aromatic heterocycles. The minimum Gasteiger partial charge on any atom is -0.484 e. The second-order valence-electron chi connectivity index (χ2n) is 8.04. The molecule has 0 heterocycles. The third-order valence-corrected chi connectivity index (χ3v) is 5.48. The summed E-state index contributed by atoms with van der Waals surface area (Å²) in [5.41, 5.74) is 4.41. The first kappa shape index (κ1) is 23.5. The monoisotopic (exact) mass is 410 g/mol. The number of aryl methyl sites for hydroxylation is 3. The van der Waals surface area contributed by atoms with E-state index in [1.54, 1.807) is 11.8 Å². The second kappa shape index (κ2) is 10.8. The Balaban J connectivity index is 2.15. The average molecular weight is 411 g/mol. The van der Waals surface area contributed by atoms with Gasteiger partial charge in [-0.1, -0.05) is 42.8 Å². The van der Waals surface area contributed by atoms with Crippen LogP contribution in [-0.2, 0) is 16.1 Å². The van der Waals surface area contributed by atoms with Crippen molar-refractivity contribution in [3.63, 3.8) is 0 Å². The van der Waals surface area contributed by atoms with Crippen LogP contribution >= 0.6 is 0 Å². The maximum absolute atomic E-state index is 13.1. The van der Waals surface area contributed by atoms with Gasteiger partial charge in [0.1, 0.15) is 11.8 Å². The van der Waals surface area contributed by atoms with Crippen molar-refractivity contribution in [3.8, 4) is 5.75 Å². The van der Waals surface area contributed by atoms with Gasteiger partial charge in [-0.3, -0.25) is 9.59 Å². The molecule has 0 saturated carbocycles. The highest BCUT2D eigenvalue weighted by molar-refractivity contribution is 5.88. The van der Waals surface area contributed by atoms with E-state index >= 15 is 0 Å². The summed E-state index contributed by atoms with van der Waals surface area (Å²) in [6.45, 7) is 12.0. The van der Waals surface area contributed by atoms with Crippen molar-refractivity contribution in [2.45, 2.75) is 66.6 Å². The number of ether oxygens (including phenoxy) is 1. The molecule has 2 aromatic rings. The summed E-state index contributed by atoms with van der Waals surface area (Å²) in [7, 11) is 0. The van der Waals surface area contributed by atoms with Gasteiger partial charge in [0.15, 0.2) is 6.61 Å². The Bertz CT molecular complexity index is 861. The summed E-state index contributed by atoms with van der Waals surface area (Å²) in [5, 5.41) is 2.97. The molecule has 1 N–H and O–H groups in total. The van der Waals surface area contributed by atoms with E-state index in [4.69, 9.17) is 4.74 Å². The predicted molar refractivity (Wildman–Crippen MR) is 120 cm³/mol. The molecule has 162 valence electrons. The third-order valence-electron chi connectivity index (χ3n) is 5.48. The number of hydrogen-bond acceptors (Lipinski definition) is 3. The molecule has 0 unspecified atom stereocenters. The van der Waals surface area contributed by atoms with Gasteiger partial charge >= 0.3 is 0 Å². The van der Waals surface area contributed by atoms with Crippen molar-refractivity contribution < 1.29 is 14.3 Å². The van der Waals surface area contributed by atoms with Crippen LogP contribution in [0.1, 0.15) is 49.4 Å². The van der Waals surface area contributed by atoms with Crippen molar-refractivity contribution in [1.82, 2.24) is 10.2 Å². The molecule has 0 saturated heterocycles. The van der Waals surface area contributed by atoms with Gasteiger partial charge in [0.05, 0.1) is 0 Å². The Morgan fingerprint density at radius 3 is 2.27 bits per heavy atom. The lowest BCUT2D eigenvalue weighted by molar-refractivity contribution is -0.142. The molecule has 2 aromatic carbocycles. The molecule has 0 aliphatic heterocycles. The SMILES string of the molecule is CC[C@@H](C)NC(=O)[C@@H](C)N(Cc1ccc(C)cc1)C(=O)COc1ccc(C)c(C)c1. The molecule has 5 nitrogen and oxygen atoms in total. The maximum Gasteiger partial charge on any atom is 0.261 e. The van der Waals surface area contributed by atoms with Crippen molar-refractivity contribution >= 4 is 11.8 Å². The summed E-state index contributed by atoms with van der Waals surface area (Å²) in [4.78, 5) is 27.4. The minimum absolute atomic E-state index is 0.0584. The van der Waals surface area contributed by atoms with Gasteiger partial charge in [0.25, 0.3) is 5.91 Å². The van der Waals surface area contributed by atoms with Gasteiger partial charge in [0.2, 0.25) is 5.91 Å². The molecule has 0 spiro atoms. The van der Waals surface area contributed by atoms with Gasteiger partial charge in [-0.05, 0) is 69.9 Å². The molecular weight excluding hydrogens is 376 g/mol. The lowest BCUT2D eigenvalue weighted by atomic mass is 10.1. The molecular formula is C25H34N2O3. The predicted octanol–water partition coefficient (Wildman–Crippen LogP) is 4.32. The van der Waals surface area contributed by atoms with Crippen LogP contribution in [-0.4, -0.2) is 35.4 Å². The smallest absolute Gasteiger partial charge is 0.261 e. The van der Waals surface area contributed by atoms with Crippen LogP contribution in [0.25, 0.3) is 0 Å². The Hall–Kier alpha value is -2.82. The molecule has 2 amide bonds. The number of benzene rings is 2. The summed E-state index contributed by atoms with van der Waals surface area (Å²) >= 11 is 0. The van der Waals surface area contributed by atoms with Crippen LogP contribution < -0.4 is 10.1 Å². The number of carbonyl (C=O) groups is 2. The van der Waals surface area contributed by atoms with Crippen molar-refractivity contribution in [1.29, 1.82) is 0 Å². The quantitative estimate of drug-likeness (QED) is 0.670. The Morgan fingerprint density at radius 2 is 1.67 bits per heavy atom. The Morgan fingerprint density at radius 1 is 1.00 bits per heavy atom. The maximum atomic E-state index is 13.1. The lowest BCUT2D eigenvalue weighted by Crippen LogP contribution is -2.50. The first-order valence-electron chi connectivity index (χ1n) is 10.6. The Kier molecular flexibility index (Phi) is 8.46. The molecule has 30 heavy (non-hydrogen) atoms. The number of nitrogens with one attached hydrogen (secondary N) is 1. The number of hydrogen-bond donors (Lipinski definition) is 1. The van der Waals surface area contributed by atoms with Gasteiger partial charge in [-0.25, -0.2) is 0 Å². The normalized spacial score (nSPS) is 12.7. The zero-order chi connectivity index (χ0) is 22.3. The fourth-order valence-electron chi connectivity index (χ4n) is 2.97. The molecule has 0 aliphatic carbocycles. The molecule has 2 atom stereocenters. The lowest BCUT2D eigenvalue weighted by Gasteiger charge is -2.29. The van der Waals surface area contributed by atoms with Crippen LogP contribution in [0.4, 0.5) is 0 Å². The molecule has 0 bridgehead atoms. The minimum atomic E-state index is -0.601. The van der Waals surface area contributed by atoms with Crippen molar-refractivity contribution in [2.24, 2.45) is 0 Å². The number of amides is 2. The largest absolute Gasteiger partial charge is 0.484 e. The van der Waals surface area contributed by atoms with Gasteiger partial charge in [0, 0.05) is 12.6 Å². The number of carbonyl (C=O) groups excluding carboxylic acids is 2. The third kappa shape index (κ3) is 6.61. The first-order valence-corrected chi connectivity index (χ1v) is 10.6. The second-order valence-corrected chi connectivity index (χ2v) is 8.04. The van der Waals surface area contributed by atoms with Gasteiger partial charge in [-0.15, -0.1) is 0 Å². The summed E-state index contributed by atoms with van der Waals surface area (Å²) < 4.78 is 5.75. The number of rotatable bonds is 9. The van der Waals surface area contributed by atoms with Gasteiger partial charge < -0.3 is 15.0 Å².